The van der Waals surface area contributed by atoms with Gasteiger partial charge >= 0.3 is 6.09 Å². The average molecular weight is 229 g/mol. The Hall–Kier alpha value is -0.770. The van der Waals surface area contributed by atoms with Crippen LogP contribution in [0.2, 0.25) is 0 Å². The minimum Gasteiger partial charge on any atom is -0.444 e. The number of unbranched alkanes of at least 4 members (excludes halogenated alkanes) is 1. The molecule has 1 saturated carbocycles. The molecular weight excluding hydrogens is 206 g/mol. The minimum absolute atomic E-state index is 0.0441. The summed E-state index contributed by atoms with van der Waals surface area (Å²) in [5.74, 6) is 0. The maximum Gasteiger partial charge on any atom is 0.408 e. The zero-order valence-corrected chi connectivity index (χ0v) is 10.5. The van der Waals surface area contributed by atoms with Gasteiger partial charge in [-0.05, 0) is 52.9 Å². The zero-order valence-electron chi connectivity index (χ0n) is 10.5. The number of nitrogens with one attached hydrogen (secondary N) is 1. The Bertz CT molecular complexity index is 241. The molecule has 1 rings (SSSR count). The molecule has 1 aliphatic rings. The molecule has 2 N–H and O–H groups in total. The van der Waals surface area contributed by atoms with E-state index in [2.05, 4.69) is 5.32 Å². The van der Waals surface area contributed by atoms with E-state index in [-0.39, 0.29) is 18.2 Å². The van der Waals surface area contributed by atoms with Crippen LogP contribution in [0, 0.1) is 0 Å². The highest BCUT2D eigenvalue weighted by Crippen LogP contribution is 2.40. The van der Waals surface area contributed by atoms with Gasteiger partial charge in [-0.2, -0.15) is 0 Å². The lowest BCUT2D eigenvalue weighted by Crippen LogP contribution is -2.40. The van der Waals surface area contributed by atoms with Gasteiger partial charge in [-0.1, -0.05) is 0 Å². The number of ether oxygens (including phenoxy) is 1. The van der Waals surface area contributed by atoms with E-state index in [1.54, 1.807) is 0 Å². The summed E-state index contributed by atoms with van der Waals surface area (Å²) in [5.41, 5.74) is -0.483. The Balaban J connectivity index is 2.27. The van der Waals surface area contributed by atoms with Gasteiger partial charge < -0.3 is 15.2 Å². The highest BCUT2D eigenvalue weighted by Gasteiger charge is 2.44. The van der Waals surface area contributed by atoms with Crippen LogP contribution in [0.1, 0.15) is 52.9 Å². The first-order valence-electron chi connectivity index (χ1n) is 5.99. The third-order valence-electron chi connectivity index (χ3n) is 2.68. The molecule has 4 heteroatoms. The summed E-state index contributed by atoms with van der Waals surface area (Å²) in [6.45, 7) is 5.80. The summed E-state index contributed by atoms with van der Waals surface area (Å²) in [5, 5.41) is 11.6. The van der Waals surface area contributed by atoms with Crippen LogP contribution in [0.5, 0.6) is 0 Å². The molecule has 0 saturated heterocycles. The summed E-state index contributed by atoms with van der Waals surface area (Å²) >= 11 is 0. The van der Waals surface area contributed by atoms with E-state index in [0.29, 0.717) is 0 Å². The van der Waals surface area contributed by atoms with E-state index in [9.17, 15) is 4.79 Å². The van der Waals surface area contributed by atoms with Crippen LogP contribution >= 0.6 is 0 Å². The van der Waals surface area contributed by atoms with Crippen molar-refractivity contribution in [2.45, 2.75) is 64.0 Å². The standard InChI is InChI=1S/C12H23NO3/c1-11(2,3)16-10(15)13-12(7-8-12)6-4-5-9-14/h14H,4-9H2,1-3H3,(H,13,15). The van der Waals surface area contributed by atoms with E-state index in [4.69, 9.17) is 9.84 Å². The lowest BCUT2D eigenvalue weighted by atomic mass is 10.1. The normalized spacial score (nSPS) is 18.0. The topological polar surface area (TPSA) is 58.6 Å². The lowest BCUT2D eigenvalue weighted by Gasteiger charge is -2.23. The number of hydrogen-bond acceptors (Lipinski definition) is 3. The van der Waals surface area contributed by atoms with Crippen molar-refractivity contribution in [3.8, 4) is 0 Å². The predicted molar refractivity (Wildman–Crippen MR) is 62.3 cm³/mol. The fourth-order valence-corrected chi connectivity index (χ4v) is 1.68. The highest BCUT2D eigenvalue weighted by atomic mass is 16.6. The van der Waals surface area contributed by atoms with Crippen molar-refractivity contribution in [1.82, 2.24) is 5.32 Å². The first-order chi connectivity index (χ1) is 7.37. The summed E-state index contributed by atoms with van der Waals surface area (Å²) in [6, 6.07) is 0. The number of amides is 1. The number of rotatable bonds is 5. The van der Waals surface area contributed by atoms with Crippen molar-refractivity contribution in [1.29, 1.82) is 0 Å². The molecule has 16 heavy (non-hydrogen) atoms. The second-order valence-corrected chi connectivity index (χ2v) is 5.59. The molecule has 4 nitrogen and oxygen atoms in total. The molecular formula is C12H23NO3. The van der Waals surface area contributed by atoms with E-state index < -0.39 is 5.60 Å². The minimum atomic E-state index is -0.439. The maximum atomic E-state index is 11.6. The van der Waals surface area contributed by atoms with Gasteiger partial charge in [-0.3, -0.25) is 0 Å². The molecule has 0 spiro atoms. The number of aliphatic hydroxyl groups excluding tert-OH is 1. The van der Waals surface area contributed by atoms with Crippen LogP contribution in [0.4, 0.5) is 4.79 Å². The molecule has 0 aromatic rings. The third kappa shape index (κ3) is 4.84. The van der Waals surface area contributed by atoms with Gasteiger partial charge in [0.15, 0.2) is 0 Å². The molecule has 0 heterocycles. The molecule has 1 aliphatic carbocycles. The fraction of sp³-hybridized carbons (Fsp3) is 0.917. The Labute approximate surface area is 97.4 Å². The van der Waals surface area contributed by atoms with Crippen LogP contribution in [0.25, 0.3) is 0 Å². The Morgan fingerprint density at radius 1 is 1.38 bits per heavy atom. The molecule has 0 aromatic heterocycles. The van der Waals surface area contributed by atoms with Crippen molar-refractivity contribution < 1.29 is 14.6 Å². The quantitative estimate of drug-likeness (QED) is 0.711. The van der Waals surface area contributed by atoms with E-state index in [1.165, 1.54) is 0 Å². The van der Waals surface area contributed by atoms with Crippen molar-refractivity contribution >= 4 is 6.09 Å². The van der Waals surface area contributed by atoms with Gasteiger partial charge in [0, 0.05) is 12.1 Å². The van der Waals surface area contributed by atoms with Crippen LogP contribution < -0.4 is 5.32 Å². The molecule has 0 aromatic carbocycles. The van der Waals surface area contributed by atoms with Crippen LogP contribution in [-0.2, 0) is 4.74 Å². The van der Waals surface area contributed by atoms with E-state index >= 15 is 0 Å². The summed E-state index contributed by atoms with van der Waals surface area (Å²) in [4.78, 5) is 11.6. The van der Waals surface area contributed by atoms with Crippen molar-refractivity contribution in [2.24, 2.45) is 0 Å². The summed E-state index contributed by atoms with van der Waals surface area (Å²) in [6.07, 6.45) is 4.42. The number of aliphatic hydroxyl groups is 1. The van der Waals surface area contributed by atoms with Gasteiger partial charge in [-0.25, -0.2) is 4.79 Å². The summed E-state index contributed by atoms with van der Waals surface area (Å²) in [7, 11) is 0. The largest absolute Gasteiger partial charge is 0.444 e. The molecule has 1 fully saturated rings. The molecule has 0 aliphatic heterocycles. The molecule has 0 atom stereocenters. The summed E-state index contributed by atoms with van der Waals surface area (Å²) < 4.78 is 5.22. The molecule has 1 amide bonds. The number of carbonyl (C=O) groups excluding carboxylic acids is 1. The average Bonchev–Trinajstić information content (AvgIpc) is 2.82. The maximum absolute atomic E-state index is 11.6. The van der Waals surface area contributed by atoms with Gasteiger partial charge in [0.1, 0.15) is 5.60 Å². The van der Waals surface area contributed by atoms with E-state index in [0.717, 1.165) is 32.1 Å². The second kappa shape index (κ2) is 5.04. The first-order valence-corrected chi connectivity index (χ1v) is 5.99. The second-order valence-electron chi connectivity index (χ2n) is 5.59. The first kappa shape index (κ1) is 13.3. The number of carbonyl (C=O) groups is 1. The number of hydrogen-bond donors (Lipinski definition) is 2. The Kier molecular flexibility index (Phi) is 4.19. The van der Waals surface area contributed by atoms with Crippen molar-refractivity contribution in [3.63, 3.8) is 0 Å². The lowest BCUT2D eigenvalue weighted by molar-refractivity contribution is 0.0492. The van der Waals surface area contributed by atoms with Crippen LogP contribution in [-0.4, -0.2) is 28.9 Å². The van der Waals surface area contributed by atoms with E-state index in [1.807, 2.05) is 20.8 Å². The SMILES string of the molecule is CC(C)(C)OC(=O)NC1(CCCCO)CC1. The van der Waals surface area contributed by atoms with Gasteiger partial charge in [-0.15, -0.1) is 0 Å². The van der Waals surface area contributed by atoms with Crippen LogP contribution in [0.3, 0.4) is 0 Å². The Morgan fingerprint density at radius 2 is 2.00 bits per heavy atom. The van der Waals surface area contributed by atoms with Gasteiger partial charge in [0.05, 0.1) is 0 Å². The monoisotopic (exact) mass is 229 g/mol. The predicted octanol–water partition coefficient (Wildman–Crippen LogP) is 2.21. The molecule has 0 unspecified atom stereocenters. The zero-order chi connectivity index (χ0) is 12.2. The fourth-order valence-electron chi connectivity index (χ4n) is 1.68. The third-order valence-corrected chi connectivity index (χ3v) is 2.68. The Morgan fingerprint density at radius 3 is 2.44 bits per heavy atom. The van der Waals surface area contributed by atoms with Crippen molar-refractivity contribution in [2.75, 3.05) is 6.61 Å². The van der Waals surface area contributed by atoms with Gasteiger partial charge in [0.25, 0.3) is 0 Å². The van der Waals surface area contributed by atoms with Gasteiger partial charge in [0.2, 0.25) is 0 Å². The molecule has 0 bridgehead atoms. The molecule has 94 valence electrons. The smallest absolute Gasteiger partial charge is 0.408 e. The van der Waals surface area contributed by atoms with Crippen LogP contribution in [0.15, 0.2) is 0 Å². The highest BCUT2D eigenvalue weighted by molar-refractivity contribution is 5.69. The van der Waals surface area contributed by atoms with Crippen molar-refractivity contribution in [3.05, 3.63) is 0 Å². The molecule has 0 radical (unpaired) electrons. The number of alkyl carbamates (subject to hydrolysis) is 1.